The molecule has 84 valence electrons. The van der Waals surface area contributed by atoms with Crippen LogP contribution in [0, 0.1) is 0 Å². The Bertz CT molecular complexity index is 821. The number of aromatic nitrogens is 5. The number of nitrogens with one attached hydrogen (secondary N) is 1. The number of H-pyrrole nitrogens is 1. The molecule has 1 atom stereocenters. The van der Waals surface area contributed by atoms with Crippen LogP contribution in [0.25, 0.3) is 16.9 Å². The third-order valence-electron chi connectivity index (χ3n) is 3.18. The van der Waals surface area contributed by atoms with Crippen LogP contribution < -0.4 is 5.56 Å². The van der Waals surface area contributed by atoms with Crippen LogP contribution in [-0.4, -0.2) is 23.9 Å². The van der Waals surface area contributed by atoms with Gasteiger partial charge in [-0.05, 0) is 6.42 Å². The fourth-order valence-corrected chi connectivity index (χ4v) is 2.19. The molecule has 0 aromatic carbocycles. The van der Waals surface area contributed by atoms with E-state index in [0.717, 1.165) is 17.6 Å². The Morgan fingerprint density at radius 1 is 1.47 bits per heavy atom. The summed E-state index contributed by atoms with van der Waals surface area (Å²) in [4.78, 5) is 22.8. The molecule has 3 aromatic heterocycles. The molecule has 0 saturated heterocycles. The molecule has 1 aliphatic carbocycles. The second-order valence-electron chi connectivity index (χ2n) is 4.28. The fraction of sp³-hybridized carbons (Fsp3) is 0.182. The molecule has 6 heteroatoms. The van der Waals surface area contributed by atoms with Crippen molar-refractivity contribution in [2.45, 2.75) is 12.5 Å². The summed E-state index contributed by atoms with van der Waals surface area (Å²) >= 11 is 0. The Morgan fingerprint density at radius 3 is 3.06 bits per heavy atom. The molecule has 0 spiro atoms. The minimum atomic E-state index is -0.205. The molecule has 6 nitrogen and oxygen atoms in total. The average Bonchev–Trinajstić information content (AvgIpc) is 2.77. The van der Waals surface area contributed by atoms with E-state index in [2.05, 4.69) is 21.5 Å². The Balaban J connectivity index is 2.22. The molecule has 1 fully saturated rings. The smallest absolute Gasteiger partial charge is 0.280 e. The maximum Gasteiger partial charge on any atom is 0.280 e. The monoisotopic (exact) mass is 227 g/mol. The number of hydrogen-bond acceptors (Lipinski definition) is 3. The van der Waals surface area contributed by atoms with Crippen LogP contribution in [-0.2, 0) is 0 Å². The molecule has 1 unspecified atom stereocenters. The largest absolute Gasteiger partial charge is 0.309 e. The van der Waals surface area contributed by atoms with Gasteiger partial charge >= 0.3 is 0 Å². The third kappa shape index (κ3) is 1.01. The molecule has 0 amide bonds. The van der Waals surface area contributed by atoms with E-state index in [1.54, 1.807) is 12.5 Å². The lowest BCUT2D eigenvalue weighted by molar-refractivity contribution is 0.773. The van der Waals surface area contributed by atoms with Gasteiger partial charge in [0.05, 0.1) is 12.4 Å². The van der Waals surface area contributed by atoms with Crippen molar-refractivity contribution in [2.24, 2.45) is 0 Å². The van der Waals surface area contributed by atoms with E-state index in [1.807, 2.05) is 15.2 Å². The van der Waals surface area contributed by atoms with Crippen LogP contribution >= 0.6 is 0 Å². The summed E-state index contributed by atoms with van der Waals surface area (Å²) in [5, 5.41) is 0. The first-order valence-electron chi connectivity index (χ1n) is 5.35. The fourth-order valence-electron chi connectivity index (χ4n) is 2.19. The van der Waals surface area contributed by atoms with Crippen molar-refractivity contribution in [3.63, 3.8) is 0 Å². The second kappa shape index (κ2) is 2.65. The lowest BCUT2D eigenvalue weighted by Crippen LogP contribution is -2.11. The predicted molar refractivity (Wildman–Crippen MR) is 61.9 cm³/mol. The summed E-state index contributed by atoms with van der Waals surface area (Å²) in [5.41, 5.74) is 2.18. The minimum absolute atomic E-state index is 0.205. The molecule has 4 rings (SSSR count). The van der Waals surface area contributed by atoms with Gasteiger partial charge in [0, 0.05) is 12.4 Å². The van der Waals surface area contributed by atoms with Crippen molar-refractivity contribution >= 4 is 16.9 Å². The van der Waals surface area contributed by atoms with E-state index >= 15 is 0 Å². The van der Waals surface area contributed by atoms with E-state index in [9.17, 15) is 4.79 Å². The van der Waals surface area contributed by atoms with Gasteiger partial charge in [0.25, 0.3) is 5.56 Å². The summed E-state index contributed by atoms with van der Waals surface area (Å²) in [7, 11) is 0. The Morgan fingerprint density at radius 2 is 2.29 bits per heavy atom. The quantitative estimate of drug-likeness (QED) is 0.627. The minimum Gasteiger partial charge on any atom is -0.309 e. The van der Waals surface area contributed by atoms with E-state index < -0.39 is 0 Å². The van der Waals surface area contributed by atoms with Crippen molar-refractivity contribution in [1.29, 1.82) is 0 Å². The highest BCUT2D eigenvalue weighted by Crippen LogP contribution is 2.42. The van der Waals surface area contributed by atoms with Gasteiger partial charge in [-0.15, -0.1) is 0 Å². The normalized spacial score (nSPS) is 19.3. The van der Waals surface area contributed by atoms with Gasteiger partial charge in [0.15, 0.2) is 11.2 Å². The molecule has 1 aliphatic rings. The number of nitrogens with zero attached hydrogens (tertiary/aromatic N) is 4. The highest BCUT2D eigenvalue weighted by Gasteiger charge is 2.31. The van der Waals surface area contributed by atoms with Crippen LogP contribution in [0.4, 0.5) is 0 Å². The maximum absolute atomic E-state index is 11.8. The molecular weight excluding hydrogens is 218 g/mol. The van der Waals surface area contributed by atoms with Crippen LogP contribution in [0.3, 0.4) is 0 Å². The molecule has 0 aliphatic heterocycles. The van der Waals surface area contributed by atoms with Crippen molar-refractivity contribution in [3.8, 4) is 0 Å². The zero-order valence-electron chi connectivity index (χ0n) is 8.92. The van der Waals surface area contributed by atoms with E-state index in [4.69, 9.17) is 0 Å². The molecule has 1 N–H and O–H groups in total. The first-order chi connectivity index (χ1) is 8.25. The van der Waals surface area contributed by atoms with Gasteiger partial charge in [-0.25, -0.2) is 9.97 Å². The Labute approximate surface area is 95.2 Å². The Kier molecular flexibility index (Phi) is 1.36. The summed E-state index contributed by atoms with van der Waals surface area (Å²) in [6.07, 6.45) is 6.12. The number of hydrogen-bond donors (Lipinski definition) is 1. The average molecular weight is 227 g/mol. The number of rotatable bonds is 1. The van der Waals surface area contributed by atoms with Gasteiger partial charge in [-0.2, -0.15) is 0 Å². The maximum atomic E-state index is 11.8. The third-order valence-corrected chi connectivity index (χ3v) is 3.18. The summed E-state index contributed by atoms with van der Waals surface area (Å²) in [6.45, 7) is 3.94. The van der Waals surface area contributed by atoms with Crippen molar-refractivity contribution < 1.29 is 0 Å². The number of imidazole rings is 2. The lowest BCUT2D eigenvalue weighted by Gasteiger charge is -2.02. The van der Waals surface area contributed by atoms with E-state index in [-0.39, 0.29) is 11.6 Å². The van der Waals surface area contributed by atoms with Crippen LogP contribution in [0.5, 0.6) is 0 Å². The lowest BCUT2D eigenvalue weighted by atomic mass is 10.5. The molecular formula is C11H9N5O. The van der Waals surface area contributed by atoms with Crippen LogP contribution in [0.1, 0.15) is 12.5 Å². The highest BCUT2D eigenvalue weighted by molar-refractivity contribution is 5.73. The molecule has 1 saturated carbocycles. The number of aromatic amines is 1. The topological polar surface area (TPSA) is 68.0 Å². The molecule has 3 aromatic rings. The van der Waals surface area contributed by atoms with Gasteiger partial charge < -0.3 is 4.57 Å². The number of fused-ring (bicyclic) bond motifs is 3. The van der Waals surface area contributed by atoms with Crippen molar-refractivity contribution in [3.05, 3.63) is 41.2 Å². The SMILES string of the molecule is C=C1CC1n1cnc2c(=O)[nH]c3nccn3c21. The van der Waals surface area contributed by atoms with Gasteiger partial charge in [-0.3, -0.25) is 14.2 Å². The van der Waals surface area contributed by atoms with E-state index in [1.165, 1.54) is 0 Å². The Hall–Kier alpha value is -2.37. The molecule has 0 radical (unpaired) electrons. The number of allylic oxidation sites excluding steroid dienone is 1. The summed E-state index contributed by atoms with van der Waals surface area (Å²) in [5.74, 6) is 0.538. The van der Waals surface area contributed by atoms with Crippen molar-refractivity contribution in [2.75, 3.05) is 0 Å². The van der Waals surface area contributed by atoms with Crippen LogP contribution in [0.2, 0.25) is 0 Å². The van der Waals surface area contributed by atoms with Gasteiger partial charge in [-0.1, -0.05) is 12.2 Å². The van der Waals surface area contributed by atoms with Crippen LogP contribution in [0.15, 0.2) is 35.7 Å². The molecule has 0 bridgehead atoms. The predicted octanol–water partition coefficient (Wildman–Crippen LogP) is 0.873. The zero-order valence-corrected chi connectivity index (χ0v) is 8.92. The second-order valence-corrected chi connectivity index (χ2v) is 4.28. The zero-order chi connectivity index (χ0) is 11.6. The summed E-state index contributed by atoms with van der Waals surface area (Å²) < 4.78 is 3.83. The molecule has 3 heterocycles. The van der Waals surface area contributed by atoms with Gasteiger partial charge in [0.1, 0.15) is 0 Å². The first-order valence-corrected chi connectivity index (χ1v) is 5.35. The van der Waals surface area contributed by atoms with Gasteiger partial charge in [0.2, 0.25) is 5.78 Å². The molecule has 17 heavy (non-hydrogen) atoms. The highest BCUT2D eigenvalue weighted by atomic mass is 16.1. The summed E-state index contributed by atoms with van der Waals surface area (Å²) in [6, 6.07) is 0.271. The standard InChI is InChI=1S/C11H9N5O/c1-6-4-7(6)16-5-13-8-9(17)14-11-12-2-3-15(11)10(8)16/h2-3,5,7H,1,4H2,(H,12,14,17). The van der Waals surface area contributed by atoms with Crippen molar-refractivity contribution in [1.82, 2.24) is 23.9 Å². The van der Waals surface area contributed by atoms with E-state index in [0.29, 0.717) is 11.3 Å². The first kappa shape index (κ1) is 8.74.